The summed E-state index contributed by atoms with van der Waals surface area (Å²) in [6.45, 7) is 16.0. The van der Waals surface area contributed by atoms with Crippen molar-refractivity contribution in [1.82, 2.24) is 35.1 Å². The zero-order valence-electron chi connectivity index (χ0n) is 60.3. The van der Waals surface area contributed by atoms with Gasteiger partial charge >= 0.3 is 66.9 Å². The third-order valence-corrected chi connectivity index (χ3v) is 18.1. The monoisotopic (exact) mass is 1610 g/mol. The molecular formula is C57H100N11Na2O31P3S. The Morgan fingerprint density at radius 1 is 0.733 bits per heavy atom. The maximum Gasteiger partial charge on any atom is 1.00 e. The minimum atomic E-state index is -5.93. The molecule has 0 aromatic carbocycles. The molecule has 4 heterocycles. The quantitative estimate of drug-likeness (QED) is 0.00616. The number of anilines is 1. The van der Waals surface area contributed by atoms with E-state index in [1.807, 2.05) is 13.8 Å². The number of nitrogen functional groups attached to an aromatic ring is 1. The number of azide groups is 1. The molecule has 2 saturated heterocycles. The molecule has 0 saturated carbocycles. The van der Waals surface area contributed by atoms with Crippen molar-refractivity contribution in [3.05, 3.63) is 23.1 Å². The summed E-state index contributed by atoms with van der Waals surface area (Å²) in [5, 5.41) is 29.2. The van der Waals surface area contributed by atoms with Gasteiger partial charge in [-0.05, 0) is 25.8 Å². The van der Waals surface area contributed by atoms with Crippen LogP contribution in [-0.2, 0) is 117 Å². The van der Waals surface area contributed by atoms with Crippen LogP contribution in [0.15, 0.2) is 17.8 Å². The summed E-state index contributed by atoms with van der Waals surface area (Å²) in [4.78, 5) is 123. The number of aliphatic hydroxyl groups excluding tert-OH is 2. The van der Waals surface area contributed by atoms with Crippen LogP contribution in [0, 0.1) is 5.41 Å². The smallest absolute Gasteiger partial charge is 0.756 e. The first-order valence-corrected chi connectivity index (χ1v) is 38.5. The van der Waals surface area contributed by atoms with E-state index in [-0.39, 0.29) is 145 Å². The van der Waals surface area contributed by atoms with Crippen LogP contribution < -0.4 is 85.3 Å². The number of nitrogens with zero attached hydrogens (tertiary/aromatic N) is 8. The van der Waals surface area contributed by atoms with Crippen molar-refractivity contribution in [2.24, 2.45) is 10.5 Å². The van der Waals surface area contributed by atoms with Gasteiger partial charge in [0.2, 0.25) is 23.6 Å². The van der Waals surface area contributed by atoms with Crippen LogP contribution >= 0.6 is 35.2 Å². The molecule has 0 bridgehead atoms. The number of nitrogens with one attached hydrogen (secondary N) is 2. The van der Waals surface area contributed by atoms with Gasteiger partial charge in [0, 0.05) is 81.2 Å². The van der Waals surface area contributed by atoms with Gasteiger partial charge in [0.25, 0.3) is 15.6 Å². The number of hydrogen-bond acceptors (Lipinski definition) is 35. The molecule has 2 fully saturated rings. The number of phosphoric ester groups is 3. The Labute approximate surface area is 657 Å². The summed E-state index contributed by atoms with van der Waals surface area (Å²) in [6.07, 6.45) is -6.85. The fourth-order valence-electron chi connectivity index (χ4n) is 8.72. The van der Waals surface area contributed by atoms with E-state index < -0.39 is 95.7 Å². The van der Waals surface area contributed by atoms with Crippen molar-refractivity contribution < 1.29 is 206 Å². The van der Waals surface area contributed by atoms with Crippen LogP contribution in [0.25, 0.3) is 21.6 Å². The number of imide groups is 1. The molecule has 4 unspecified atom stereocenters. The molecule has 105 heavy (non-hydrogen) atoms. The van der Waals surface area contributed by atoms with Crippen molar-refractivity contribution >= 4 is 81.6 Å². The number of aromatic nitrogens is 4. The molecule has 2 aromatic heterocycles. The Hall–Kier alpha value is -2.47. The first-order valence-electron chi connectivity index (χ1n) is 33.0. The number of carbonyl (C=O) groups excluding carboxylic acids is 5. The van der Waals surface area contributed by atoms with Gasteiger partial charge in [-0.15, -0.1) is 11.8 Å². The van der Waals surface area contributed by atoms with E-state index in [4.69, 9.17) is 72.8 Å². The summed E-state index contributed by atoms with van der Waals surface area (Å²) in [6, 6.07) is 0. The molecule has 0 aliphatic carbocycles. The van der Waals surface area contributed by atoms with Crippen LogP contribution in [0.5, 0.6) is 0 Å². The van der Waals surface area contributed by atoms with E-state index in [9.17, 15) is 67.5 Å². The number of carbonyl (C=O) groups is 5. The number of Topliss-reactive ketones (excluding diaryl/α,β-unsaturated/α-hetero) is 1. The number of aliphatic hydroxyl groups is 2. The van der Waals surface area contributed by atoms with Gasteiger partial charge in [-0.2, -0.15) is 0 Å². The van der Waals surface area contributed by atoms with Gasteiger partial charge < -0.3 is 117 Å². The van der Waals surface area contributed by atoms with E-state index in [0.29, 0.717) is 165 Å². The Balaban J connectivity index is 0.00000188. The van der Waals surface area contributed by atoms with Crippen molar-refractivity contribution in [2.75, 3.05) is 209 Å². The second-order valence-electron chi connectivity index (χ2n) is 22.3. The first kappa shape index (κ1) is 101. The molecular weight excluding hydrogens is 1510 g/mol. The minimum absolute atomic E-state index is 0. The number of ether oxygens (including phenoxy) is 13. The molecule has 42 nitrogen and oxygen atoms in total. The summed E-state index contributed by atoms with van der Waals surface area (Å²) in [5.74, 6) is -2.23. The number of ketones is 1. The predicted octanol–water partition coefficient (Wildman–Crippen LogP) is -6.72. The summed E-state index contributed by atoms with van der Waals surface area (Å²) in [7, 11) is -17.2. The van der Waals surface area contributed by atoms with E-state index in [0.717, 1.165) is 22.1 Å². The van der Waals surface area contributed by atoms with Crippen molar-refractivity contribution in [2.45, 2.75) is 95.7 Å². The normalized spacial score (nSPS) is 18.2. The minimum Gasteiger partial charge on any atom is -0.756 e. The zero-order chi connectivity index (χ0) is 75.8. The largest absolute Gasteiger partial charge is 1.00 e. The number of fused-ring (bicyclic) bond motifs is 1. The second-order valence-corrected chi connectivity index (χ2v) is 27.8. The third kappa shape index (κ3) is 45.0. The number of imidazole rings is 1. The number of amides is 4. The van der Waals surface area contributed by atoms with Crippen LogP contribution in [0.3, 0.4) is 0 Å². The van der Waals surface area contributed by atoms with Crippen LogP contribution in [0.1, 0.15) is 66.0 Å². The van der Waals surface area contributed by atoms with Gasteiger partial charge in [0.1, 0.15) is 42.0 Å². The van der Waals surface area contributed by atoms with E-state index in [2.05, 4.69) is 53.5 Å². The molecule has 2 aliphatic heterocycles. The van der Waals surface area contributed by atoms with Crippen molar-refractivity contribution in [1.29, 1.82) is 0 Å². The predicted molar refractivity (Wildman–Crippen MR) is 357 cm³/mol. The van der Waals surface area contributed by atoms with E-state index in [1.165, 1.54) is 25.6 Å². The van der Waals surface area contributed by atoms with Crippen molar-refractivity contribution in [3.8, 4) is 0 Å². The average Bonchev–Trinajstić information content (AvgIpc) is 1.62. The maximum absolute atomic E-state index is 12.9. The van der Waals surface area contributed by atoms with Crippen LogP contribution in [-0.4, -0.2) is 307 Å². The van der Waals surface area contributed by atoms with E-state index in [1.54, 1.807) is 0 Å². The number of phosphoric acid groups is 3. The number of rotatable bonds is 62. The van der Waals surface area contributed by atoms with Crippen LogP contribution in [0.4, 0.5) is 5.82 Å². The average molecular weight is 1610 g/mol. The maximum atomic E-state index is 12.9. The van der Waals surface area contributed by atoms with E-state index >= 15 is 0 Å². The summed E-state index contributed by atoms with van der Waals surface area (Å²) < 4.78 is 125. The fourth-order valence-corrected chi connectivity index (χ4v) is 12.5. The van der Waals surface area contributed by atoms with Gasteiger partial charge in [0.15, 0.2) is 17.7 Å². The first-order chi connectivity index (χ1) is 49.3. The number of likely N-dealkylation sites (tertiary alicyclic amines) is 1. The molecule has 0 spiro atoms. The molecule has 48 heteroatoms. The van der Waals surface area contributed by atoms with Gasteiger partial charge in [0.05, 0.1) is 170 Å². The Kier molecular flexibility index (Phi) is 55.9. The number of hydrogen-bond donors (Lipinski definition) is 7. The molecule has 8 N–H and O–H groups in total. The summed E-state index contributed by atoms with van der Waals surface area (Å²) in [5.41, 5.74) is 12.1. The molecule has 4 amide bonds. The van der Waals surface area contributed by atoms with Gasteiger partial charge in [-0.3, -0.25) is 47.1 Å². The zero-order valence-corrected chi connectivity index (χ0v) is 67.8. The fraction of sp³-hybridized carbons (Fsp3) is 0.825. The third-order valence-electron chi connectivity index (χ3n) is 13.9. The Morgan fingerprint density at radius 2 is 1.23 bits per heavy atom. The molecule has 0 radical (unpaired) electrons. The van der Waals surface area contributed by atoms with Crippen molar-refractivity contribution in [3.63, 3.8) is 0 Å². The molecule has 4 rings (SSSR count). The van der Waals surface area contributed by atoms with Crippen LogP contribution in [0.2, 0.25) is 0 Å². The number of nitrogens with two attached hydrogens (primary N) is 1. The van der Waals surface area contributed by atoms with Gasteiger partial charge in [-0.25, -0.2) is 23.8 Å². The molecule has 2 aliphatic rings. The molecule has 592 valence electrons. The Morgan fingerprint density at radius 3 is 1.73 bits per heavy atom. The second kappa shape index (κ2) is 58.4. The number of thioether (sulfide) groups is 1. The summed E-state index contributed by atoms with van der Waals surface area (Å²) >= 11 is 1.17. The standard InChI is InChI=1S/C43H73N8O25P3S.C14H29N3O6.2Na/c1-4-66-13-14-68-17-18-70-21-22-71-20-19-69-16-15-67-12-8-29(52)6-5-11-50-33(54)24-31(41(50)58)80-23-10-45-32(53)7-9-46-40(57)37(56)43(2,3)26-73-79(64,65)76-78(62,63)72-25-30-36(75-77(59,60)61)35(55)42(74-30)51-28-49-34-38(44)47-27-48-39(34)51;1-2-18-5-6-20-9-10-22-13-14-23-12-11-21-8-7-19-4-3-16-17-15;;/h27-28,30-31,35-37,42,55-56H,4-26H2,1-3H3,(H,45,53)(H,46,57)(H,62,63)(H,64,65)(H2,44,47,48)(H2,59,60,61);2-14H2,1H3;;/q;;2*+1/p-2/t30-,31?,35+,36?,37+,42-;;;/m1.../s1. The molecule has 2 aromatic rings. The Bertz CT molecular complexity index is 2960. The topological polar surface area (TPSA) is 566 Å². The van der Waals surface area contributed by atoms with Gasteiger partial charge in [-0.1, -0.05) is 19.0 Å². The molecule has 8 atom stereocenters. The SMILES string of the molecule is CCOCCOCCOCCOCCOCCOCCC(=O)CCCN1C(=O)CC(SCCNC(=O)CCNC(=O)[C@H](O)C(C)(C)COP(=O)([O-])OP(=O)([O-])OC[C@H]2O[C@@H](n3cnc4c(N)ncnc43)[C@@H](O)C2OP(=O)(O)O)C1=O.CCOCCOCCOCCOCCOCCOCCN=[N+]=[N-].[Na+].[Na+].